The molecule has 1 amide bonds. The third-order valence-electron chi connectivity index (χ3n) is 5.23. The average Bonchev–Trinajstić information content (AvgIpc) is 2.74. The number of phenolic OH excluding ortho intramolecular Hbond substituents is 1. The number of hydrogen-bond acceptors (Lipinski definition) is 5. The van der Waals surface area contributed by atoms with Crippen LogP contribution >= 0.6 is 0 Å². The number of phenols is 1. The van der Waals surface area contributed by atoms with E-state index >= 15 is 0 Å². The molecule has 2 N–H and O–H groups in total. The smallest absolute Gasteiger partial charge is 0.345 e. The van der Waals surface area contributed by atoms with E-state index in [1.165, 1.54) is 0 Å². The van der Waals surface area contributed by atoms with Crippen molar-refractivity contribution >= 4 is 5.91 Å². The fraction of sp³-hybridized carbons (Fsp3) is 0.208. The van der Waals surface area contributed by atoms with Crippen LogP contribution in [-0.4, -0.2) is 51.0 Å². The molecule has 0 aliphatic carbocycles. The fourth-order valence-electron chi connectivity index (χ4n) is 3.74. The van der Waals surface area contributed by atoms with E-state index in [0.29, 0.717) is 29.2 Å². The minimum atomic E-state index is -0.463. The molecule has 0 bridgehead atoms. The highest BCUT2D eigenvalue weighted by Crippen LogP contribution is 2.26. The molecule has 7 nitrogen and oxygen atoms in total. The van der Waals surface area contributed by atoms with Crippen LogP contribution in [0.25, 0.3) is 22.5 Å². The second-order valence-electron chi connectivity index (χ2n) is 7.97. The maximum absolute atomic E-state index is 12.9. The van der Waals surface area contributed by atoms with E-state index in [1.54, 1.807) is 48.2 Å². The van der Waals surface area contributed by atoms with Gasteiger partial charge >= 0.3 is 5.69 Å². The second kappa shape index (κ2) is 8.20. The maximum atomic E-state index is 12.9. The molecule has 1 aliphatic rings. The van der Waals surface area contributed by atoms with Crippen molar-refractivity contribution in [1.29, 1.82) is 0 Å². The molecule has 1 aliphatic heterocycles. The topological polar surface area (TPSA) is 89.5 Å². The van der Waals surface area contributed by atoms with E-state index in [4.69, 9.17) is 0 Å². The second-order valence-corrected chi connectivity index (χ2v) is 7.97. The summed E-state index contributed by atoms with van der Waals surface area (Å²) in [6, 6.07) is 14.0. The Morgan fingerprint density at radius 3 is 2.45 bits per heavy atom. The molecule has 2 heterocycles. The van der Waals surface area contributed by atoms with Gasteiger partial charge in [-0.2, -0.15) is 4.98 Å². The van der Waals surface area contributed by atoms with Crippen LogP contribution in [-0.2, 0) is 0 Å². The summed E-state index contributed by atoms with van der Waals surface area (Å²) in [5, 5.41) is 9.75. The molecule has 0 fully saturated rings. The Balaban J connectivity index is 1.63. The first-order valence-electron chi connectivity index (χ1n) is 9.99. The Kier molecular flexibility index (Phi) is 5.44. The van der Waals surface area contributed by atoms with Crippen LogP contribution in [0.2, 0.25) is 0 Å². The molecule has 0 saturated heterocycles. The number of likely N-dealkylation sites (N-methyl/N-ethyl adjacent to an activating group) is 1. The standard InChI is InChI=1S/C24H24N4O3/c1-15-12-27(3)14-28(13-15)23(30)18-6-4-17(5-7-18)20-11-21(26-24(31)25-20)19-8-9-22(29)16(2)10-19/h4-11,13,29H,12,14H2,1-3H3,(H,25,26,31). The predicted molar refractivity (Wildman–Crippen MR) is 120 cm³/mol. The Bertz CT molecular complexity index is 1230. The summed E-state index contributed by atoms with van der Waals surface area (Å²) in [4.78, 5) is 35.6. The molecule has 4 rings (SSSR count). The Labute approximate surface area is 180 Å². The summed E-state index contributed by atoms with van der Waals surface area (Å²) >= 11 is 0. The monoisotopic (exact) mass is 416 g/mol. The summed E-state index contributed by atoms with van der Waals surface area (Å²) in [7, 11) is 1.98. The van der Waals surface area contributed by atoms with Crippen molar-refractivity contribution in [3.05, 3.63) is 81.9 Å². The zero-order chi connectivity index (χ0) is 22.1. The van der Waals surface area contributed by atoms with Crippen molar-refractivity contribution < 1.29 is 9.90 Å². The Morgan fingerprint density at radius 2 is 1.77 bits per heavy atom. The number of benzene rings is 2. The van der Waals surface area contributed by atoms with Crippen molar-refractivity contribution in [2.45, 2.75) is 13.8 Å². The number of H-pyrrole nitrogens is 1. The lowest BCUT2D eigenvalue weighted by Crippen LogP contribution is -2.41. The first kappa shape index (κ1) is 20.6. The molecule has 158 valence electrons. The fourth-order valence-corrected chi connectivity index (χ4v) is 3.74. The van der Waals surface area contributed by atoms with Gasteiger partial charge in [-0.3, -0.25) is 9.69 Å². The van der Waals surface area contributed by atoms with E-state index in [-0.39, 0.29) is 11.7 Å². The predicted octanol–water partition coefficient (Wildman–Crippen LogP) is 3.37. The normalized spacial score (nSPS) is 14.4. The number of aromatic nitrogens is 2. The molecule has 0 radical (unpaired) electrons. The van der Waals surface area contributed by atoms with Gasteiger partial charge in [-0.15, -0.1) is 0 Å². The highest BCUT2D eigenvalue weighted by molar-refractivity contribution is 5.95. The molecule has 0 spiro atoms. The van der Waals surface area contributed by atoms with Gasteiger partial charge in [0.05, 0.1) is 18.1 Å². The van der Waals surface area contributed by atoms with Gasteiger partial charge in [0.1, 0.15) is 5.75 Å². The first-order chi connectivity index (χ1) is 14.8. The molecule has 31 heavy (non-hydrogen) atoms. The minimum absolute atomic E-state index is 0.0686. The van der Waals surface area contributed by atoms with Gasteiger partial charge in [0.15, 0.2) is 0 Å². The van der Waals surface area contributed by atoms with Gasteiger partial charge in [0, 0.05) is 23.9 Å². The number of aromatic hydroxyl groups is 1. The molecule has 2 aromatic carbocycles. The Morgan fingerprint density at radius 1 is 1.06 bits per heavy atom. The van der Waals surface area contributed by atoms with E-state index in [9.17, 15) is 14.7 Å². The molecule has 0 saturated carbocycles. The van der Waals surface area contributed by atoms with Crippen LogP contribution < -0.4 is 5.69 Å². The van der Waals surface area contributed by atoms with Crippen LogP contribution in [0.4, 0.5) is 0 Å². The number of aromatic amines is 1. The molecule has 3 aromatic rings. The summed E-state index contributed by atoms with van der Waals surface area (Å²) in [5.41, 5.74) is 4.58. The van der Waals surface area contributed by atoms with Crippen LogP contribution in [0.5, 0.6) is 5.75 Å². The van der Waals surface area contributed by atoms with Gasteiger partial charge in [-0.25, -0.2) is 4.79 Å². The van der Waals surface area contributed by atoms with Crippen LogP contribution in [0.1, 0.15) is 22.8 Å². The zero-order valence-corrected chi connectivity index (χ0v) is 17.7. The molecular weight excluding hydrogens is 392 g/mol. The highest BCUT2D eigenvalue weighted by Gasteiger charge is 2.19. The summed E-state index contributed by atoms with van der Waals surface area (Å²) in [6.07, 6.45) is 1.89. The average molecular weight is 416 g/mol. The van der Waals surface area contributed by atoms with Crippen molar-refractivity contribution in [1.82, 2.24) is 19.8 Å². The van der Waals surface area contributed by atoms with Crippen molar-refractivity contribution in [3.63, 3.8) is 0 Å². The molecule has 7 heteroatoms. The van der Waals surface area contributed by atoms with Gasteiger partial charge in [-0.05, 0) is 74.0 Å². The molecular formula is C24H24N4O3. The zero-order valence-electron chi connectivity index (χ0n) is 17.7. The number of rotatable bonds is 3. The summed E-state index contributed by atoms with van der Waals surface area (Å²) in [5.74, 6) is 0.125. The van der Waals surface area contributed by atoms with Gasteiger partial charge < -0.3 is 15.0 Å². The number of hydrogen-bond donors (Lipinski definition) is 2. The summed E-state index contributed by atoms with van der Waals surface area (Å²) in [6.45, 7) is 5.19. The summed E-state index contributed by atoms with van der Waals surface area (Å²) < 4.78 is 0. The van der Waals surface area contributed by atoms with Crippen LogP contribution in [0.3, 0.4) is 0 Å². The third-order valence-corrected chi connectivity index (χ3v) is 5.23. The first-order valence-corrected chi connectivity index (χ1v) is 9.99. The number of aryl methyl sites for hydroxylation is 1. The van der Waals surface area contributed by atoms with Crippen LogP contribution in [0.15, 0.2) is 65.1 Å². The van der Waals surface area contributed by atoms with Crippen molar-refractivity contribution in [3.8, 4) is 28.3 Å². The molecule has 0 unspecified atom stereocenters. The number of carbonyl (C=O) groups excluding carboxylic acids is 1. The minimum Gasteiger partial charge on any atom is -0.508 e. The number of nitrogens with one attached hydrogen (secondary N) is 1. The third kappa shape index (κ3) is 4.41. The van der Waals surface area contributed by atoms with Gasteiger partial charge in [0.2, 0.25) is 0 Å². The van der Waals surface area contributed by atoms with E-state index in [1.807, 2.05) is 32.3 Å². The van der Waals surface area contributed by atoms with E-state index in [0.717, 1.165) is 23.2 Å². The van der Waals surface area contributed by atoms with Crippen molar-refractivity contribution in [2.75, 3.05) is 20.3 Å². The van der Waals surface area contributed by atoms with E-state index < -0.39 is 5.69 Å². The van der Waals surface area contributed by atoms with E-state index in [2.05, 4.69) is 14.9 Å². The Hall–Kier alpha value is -3.71. The van der Waals surface area contributed by atoms with Gasteiger partial charge in [0.25, 0.3) is 5.91 Å². The SMILES string of the molecule is CC1=CN(C(=O)c2ccc(-c3cc(-c4ccc(O)c(C)c4)nc(=O)[nH]3)cc2)CN(C)C1. The number of nitrogens with zero attached hydrogens (tertiary/aromatic N) is 3. The lowest BCUT2D eigenvalue weighted by molar-refractivity contribution is 0.0733. The van der Waals surface area contributed by atoms with Gasteiger partial charge in [-0.1, -0.05) is 12.1 Å². The number of amides is 1. The van der Waals surface area contributed by atoms with Crippen LogP contribution in [0, 0.1) is 6.92 Å². The molecule has 1 aromatic heterocycles. The molecule has 0 atom stereocenters. The lowest BCUT2D eigenvalue weighted by atomic mass is 10.0. The largest absolute Gasteiger partial charge is 0.508 e. The van der Waals surface area contributed by atoms with Crippen molar-refractivity contribution in [2.24, 2.45) is 0 Å². The maximum Gasteiger partial charge on any atom is 0.345 e. The highest BCUT2D eigenvalue weighted by atomic mass is 16.3. The lowest BCUT2D eigenvalue weighted by Gasteiger charge is -2.31. The number of carbonyl (C=O) groups is 1. The quantitative estimate of drug-likeness (QED) is 0.683.